The number of nitrogens with zero attached hydrogens (tertiary/aromatic N) is 4. The zero-order valence-corrected chi connectivity index (χ0v) is 9.09. The van der Waals surface area contributed by atoms with Crippen molar-refractivity contribution in [3.8, 4) is 11.5 Å². The molecule has 2 heterocycles. The summed E-state index contributed by atoms with van der Waals surface area (Å²) in [7, 11) is 0. The van der Waals surface area contributed by atoms with E-state index in [0.717, 1.165) is 18.5 Å². The third-order valence-corrected chi connectivity index (χ3v) is 2.12. The standard InChI is InChI=1S/C11H13N5/c1-2-3-8-6-10(12)16-11(15-8)9-4-5-13-7-14-9/h4-7H,2-3H2,1H3,(H2,12,15,16). The molecule has 0 saturated heterocycles. The molecule has 0 atom stereocenters. The number of nitrogens with two attached hydrogens (primary N) is 1. The van der Waals surface area contributed by atoms with Gasteiger partial charge in [-0.05, 0) is 12.5 Å². The fourth-order valence-corrected chi connectivity index (χ4v) is 1.44. The quantitative estimate of drug-likeness (QED) is 0.838. The molecule has 5 heteroatoms. The number of rotatable bonds is 3. The van der Waals surface area contributed by atoms with Crippen molar-refractivity contribution in [1.29, 1.82) is 0 Å². The maximum absolute atomic E-state index is 5.73. The molecule has 0 amide bonds. The number of aromatic nitrogens is 4. The van der Waals surface area contributed by atoms with Gasteiger partial charge in [-0.2, -0.15) is 0 Å². The lowest BCUT2D eigenvalue weighted by atomic mass is 10.2. The van der Waals surface area contributed by atoms with Crippen LogP contribution in [0.5, 0.6) is 0 Å². The van der Waals surface area contributed by atoms with E-state index in [1.165, 1.54) is 6.33 Å². The van der Waals surface area contributed by atoms with Gasteiger partial charge < -0.3 is 5.73 Å². The molecule has 0 radical (unpaired) electrons. The van der Waals surface area contributed by atoms with E-state index in [4.69, 9.17) is 5.73 Å². The Hall–Kier alpha value is -2.04. The average Bonchev–Trinajstić information content (AvgIpc) is 2.30. The summed E-state index contributed by atoms with van der Waals surface area (Å²) in [5, 5.41) is 0. The Morgan fingerprint density at radius 1 is 1.31 bits per heavy atom. The molecule has 0 saturated carbocycles. The van der Waals surface area contributed by atoms with E-state index in [1.54, 1.807) is 18.3 Å². The molecule has 0 aliphatic heterocycles. The minimum absolute atomic E-state index is 0.479. The van der Waals surface area contributed by atoms with Crippen LogP contribution < -0.4 is 5.73 Å². The lowest BCUT2D eigenvalue weighted by Crippen LogP contribution is -2.01. The van der Waals surface area contributed by atoms with Gasteiger partial charge >= 0.3 is 0 Å². The zero-order chi connectivity index (χ0) is 11.4. The Bertz CT molecular complexity index is 469. The Morgan fingerprint density at radius 3 is 2.88 bits per heavy atom. The predicted molar refractivity (Wildman–Crippen MR) is 61.5 cm³/mol. The number of anilines is 1. The van der Waals surface area contributed by atoms with Crippen LogP contribution in [0.4, 0.5) is 5.82 Å². The molecule has 2 rings (SSSR count). The van der Waals surface area contributed by atoms with Crippen molar-refractivity contribution in [3.63, 3.8) is 0 Å². The van der Waals surface area contributed by atoms with E-state index in [9.17, 15) is 0 Å². The van der Waals surface area contributed by atoms with Gasteiger partial charge in [0.2, 0.25) is 0 Å². The van der Waals surface area contributed by atoms with Crippen molar-refractivity contribution >= 4 is 5.82 Å². The second-order valence-corrected chi connectivity index (χ2v) is 3.45. The van der Waals surface area contributed by atoms with E-state index in [0.29, 0.717) is 17.3 Å². The summed E-state index contributed by atoms with van der Waals surface area (Å²) in [5.41, 5.74) is 7.37. The van der Waals surface area contributed by atoms with Crippen molar-refractivity contribution in [2.45, 2.75) is 19.8 Å². The highest BCUT2D eigenvalue weighted by Crippen LogP contribution is 2.14. The maximum Gasteiger partial charge on any atom is 0.180 e. The Balaban J connectivity index is 2.41. The minimum Gasteiger partial charge on any atom is -0.384 e. The molecule has 0 fully saturated rings. The van der Waals surface area contributed by atoms with Gasteiger partial charge in [-0.15, -0.1) is 0 Å². The van der Waals surface area contributed by atoms with Crippen molar-refractivity contribution in [2.75, 3.05) is 5.73 Å². The lowest BCUT2D eigenvalue weighted by Gasteiger charge is -2.03. The normalized spacial score (nSPS) is 10.3. The lowest BCUT2D eigenvalue weighted by molar-refractivity contribution is 0.875. The number of hydrogen-bond donors (Lipinski definition) is 1. The van der Waals surface area contributed by atoms with E-state index in [2.05, 4.69) is 26.9 Å². The molecule has 0 spiro atoms. The van der Waals surface area contributed by atoms with Gasteiger partial charge in [-0.25, -0.2) is 19.9 Å². The molecule has 0 aliphatic rings. The van der Waals surface area contributed by atoms with Crippen molar-refractivity contribution in [3.05, 3.63) is 30.4 Å². The summed E-state index contributed by atoms with van der Waals surface area (Å²) < 4.78 is 0. The Morgan fingerprint density at radius 2 is 2.19 bits per heavy atom. The van der Waals surface area contributed by atoms with Gasteiger partial charge in [-0.3, -0.25) is 0 Å². The van der Waals surface area contributed by atoms with Crippen molar-refractivity contribution < 1.29 is 0 Å². The molecular weight excluding hydrogens is 202 g/mol. The van der Waals surface area contributed by atoms with Gasteiger partial charge in [0.1, 0.15) is 17.8 Å². The summed E-state index contributed by atoms with van der Waals surface area (Å²) in [4.78, 5) is 16.5. The van der Waals surface area contributed by atoms with Crippen LogP contribution in [0.2, 0.25) is 0 Å². The van der Waals surface area contributed by atoms with Crippen LogP contribution >= 0.6 is 0 Å². The van der Waals surface area contributed by atoms with Crippen LogP contribution in [-0.2, 0) is 6.42 Å². The molecule has 0 aliphatic carbocycles. The molecular formula is C11H13N5. The third kappa shape index (κ3) is 2.31. The van der Waals surface area contributed by atoms with Crippen LogP contribution in [0, 0.1) is 0 Å². The van der Waals surface area contributed by atoms with Crippen molar-refractivity contribution in [2.24, 2.45) is 0 Å². The molecule has 82 valence electrons. The minimum atomic E-state index is 0.479. The molecule has 0 unspecified atom stereocenters. The van der Waals surface area contributed by atoms with E-state index in [1.807, 2.05) is 0 Å². The highest BCUT2D eigenvalue weighted by molar-refractivity contribution is 5.51. The third-order valence-electron chi connectivity index (χ3n) is 2.12. The SMILES string of the molecule is CCCc1cc(N)nc(-c2ccncn2)n1. The van der Waals surface area contributed by atoms with Gasteiger partial charge in [0, 0.05) is 18.0 Å². The van der Waals surface area contributed by atoms with Crippen LogP contribution in [0.25, 0.3) is 11.5 Å². The van der Waals surface area contributed by atoms with Crippen LogP contribution in [0.15, 0.2) is 24.7 Å². The summed E-state index contributed by atoms with van der Waals surface area (Å²) in [5.74, 6) is 1.04. The number of aryl methyl sites for hydroxylation is 1. The summed E-state index contributed by atoms with van der Waals surface area (Å²) >= 11 is 0. The highest BCUT2D eigenvalue weighted by Gasteiger charge is 2.05. The largest absolute Gasteiger partial charge is 0.384 e. The zero-order valence-electron chi connectivity index (χ0n) is 9.09. The first-order valence-electron chi connectivity index (χ1n) is 5.19. The molecule has 2 aromatic heterocycles. The van der Waals surface area contributed by atoms with E-state index < -0.39 is 0 Å². The van der Waals surface area contributed by atoms with Crippen molar-refractivity contribution in [1.82, 2.24) is 19.9 Å². The second-order valence-electron chi connectivity index (χ2n) is 3.45. The monoisotopic (exact) mass is 215 g/mol. The Kier molecular flexibility index (Phi) is 3.05. The molecule has 5 nitrogen and oxygen atoms in total. The summed E-state index contributed by atoms with van der Waals surface area (Å²) in [6, 6.07) is 3.57. The van der Waals surface area contributed by atoms with Crippen LogP contribution in [0.1, 0.15) is 19.0 Å². The van der Waals surface area contributed by atoms with Crippen LogP contribution in [-0.4, -0.2) is 19.9 Å². The van der Waals surface area contributed by atoms with Crippen LogP contribution in [0.3, 0.4) is 0 Å². The first-order valence-corrected chi connectivity index (χ1v) is 5.19. The number of hydrogen-bond acceptors (Lipinski definition) is 5. The fraction of sp³-hybridized carbons (Fsp3) is 0.273. The van der Waals surface area contributed by atoms with E-state index >= 15 is 0 Å². The van der Waals surface area contributed by atoms with Gasteiger partial charge in [0.25, 0.3) is 0 Å². The average molecular weight is 215 g/mol. The van der Waals surface area contributed by atoms with Gasteiger partial charge in [0.05, 0.1) is 0 Å². The van der Waals surface area contributed by atoms with Gasteiger partial charge in [-0.1, -0.05) is 13.3 Å². The maximum atomic E-state index is 5.73. The van der Waals surface area contributed by atoms with Gasteiger partial charge in [0.15, 0.2) is 5.82 Å². The smallest absolute Gasteiger partial charge is 0.180 e. The fourth-order valence-electron chi connectivity index (χ4n) is 1.44. The number of nitrogen functional groups attached to an aromatic ring is 1. The first-order chi connectivity index (χ1) is 7.79. The Labute approximate surface area is 93.8 Å². The molecule has 2 N–H and O–H groups in total. The molecule has 0 bridgehead atoms. The summed E-state index contributed by atoms with van der Waals surface area (Å²) in [6.45, 7) is 2.10. The topological polar surface area (TPSA) is 77.6 Å². The van der Waals surface area contributed by atoms with E-state index in [-0.39, 0.29) is 0 Å². The highest BCUT2D eigenvalue weighted by atomic mass is 15.0. The molecule has 0 aromatic carbocycles. The molecule has 2 aromatic rings. The summed E-state index contributed by atoms with van der Waals surface area (Å²) in [6.07, 6.45) is 5.06. The molecule has 16 heavy (non-hydrogen) atoms. The predicted octanol–water partition coefficient (Wildman–Crippen LogP) is 1.47. The first kappa shape index (κ1) is 10.5. The second kappa shape index (κ2) is 4.65.